The number of aromatic carboxylic acids is 1. The number of halogens is 1. The maximum atomic E-state index is 15.3. The van der Waals surface area contributed by atoms with E-state index in [9.17, 15) is 19.5 Å². The molecule has 0 aliphatic heterocycles. The van der Waals surface area contributed by atoms with Crippen molar-refractivity contribution in [3.05, 3.63) is 95.3 Å². The molecule has 3 aromatic heterocycles. The molecule has 41 heavy (non-hydrogen) atoms. The number of carboxylic acid groups (broad SMARTS) is 1. The van der Waals surface area contributed by atoms with Crippen molar-refractivity contribution in [3.63, 3.8) is 0 Å². The second-order valence-corrected chi connectivity index (χ2v) is 10.4. The third-order valence-corrected chi connectivity index (χ3v) is 7.25. The molecule has 0 radical (unpaired) electrons. The number of allylic oxidation sites excluding steroid dienone is 4. The van der Waals surface area contributed by atoms with Gasteiger partial charge in [-0.25, -0.2) is 9.18 Å². The maximum absolute atomic E-state index is 15.3. The normalized spacial score (nSPS) is 13.6. The maximum Gasteiger partial charge on any atom is 0.353 e. The summed E-state index contributed by atoms with van der Waals surface area (Å²) in [6, 6.07) is 12.0. The molecule has 2 aromatic carbocycles. The van der Waals surface area contributed by atoms with E-state index in [1.165, 1.54) is 23.0 Å². The number of pyridine rings is 1. The van der Waals surface area contributed by atoms with Crippen LogP contribution >= 0.6 is 0 Å². The minimum atomic E-state index is -1.26. The van der Waals surface area contributed by atoms with E-state index in [4.69, 9.17) is 4.42 Å². The molecule has 1 aliphatic rings. The van der Waals surface area contributed by atoms with Gasteiger partial charge in [-0.1, -0.05) is 36.4 Å². The van der Waals surface area contributed by atoms with Gasteiger partial charge in [-0.15, -0.1) is 0 Å². The van der Waals surface area contributed by atoms with Crippen LogP contribution in [0.5, 0.6) is 0 Å². The van der Waals surface area contributed by atoms with Crippen LogP contribution in [0.2, 0.25) is 0 Å². The summed E-state index contributed by atoms with van der Waals surface area (Å²) >= 11 is 0. The number of carbonyl (C=O) groups is 3. The Kier molecular flexibility index (Phi) is 6.59. The van der Waals surface area contributed by atoms with Crippen molar-refractivity contribution >= 4 is 55.9 Å². The number of fused-ring (bicyclic) bond motifs is 4. The van der Waals surface area contributed by atoms with Crippen LogP contribution in [0.25, 0.3) is 38.3 Å². The molecule has 0 saturated carbocycles. The van der Waals surface area contributed by atoms with E-state index in [0.29, 0.717) is 22.2 Å². The van der Waals surface area contributed by atoms with Crippen molar-refractivity contribution < 1.29 is 28.3 Å². The molecule has 0 bridgehead atoms. The Morgan fingerprint density at radius 3 is 2.71 bits per heavy atom. The highest BCUT2D eigenvalue weighted by molar-refractivity contribution is 6.29. The zero-order chi connectivity index (χ0) is 28.8. The van der Waals surface area contributed by atoms with Crippen LogP contribution in [0, 0.1) is 5.82 Å². The van der Waals surface area contributed by atoms with Gasteiger partial charge in [0.05, 0.1) is 41.0 Å². The summed E-state index contributed by atoms with van der Waals surface area (Å²) in [4.78, 5) is 45.1. The lowest BCUT2D eigenvalue weighted by atomic mass is 9.93. The van der Waals surface area contributed by atoms with Gasteiger partial charge in [0.2, 0.25) is 0 Å². The average molecular weight is 552 g/mol. The number of hydrogen-bond donors (Lipinski definition) is 1. The summed E-state index contributed by atoms with van der Waals surface area (Å²) < 4.78 is 22.5. The lowest BCUT2D eigenvalue weighted by molar-refractivity contribution is -0.119. The largest absolute Gasteiger partial charge is 0.477 e. The smallest absolute Gasteiger partial charge is 0.353 e. The molecule has 206 valence electrons. The van der Waals surface area contributed by atoms with E-state index in [1.807, 2.05) is 38.4 Å². The van der Waals surface area contributed by atoms with Crippen molar-refractivity contribution in [2.45, 2.75) is 19.4 Å². The van der Waals surface area contributed by atoms with Gasteiger partial charge in [0.15, 0.2) is 11.6 Å². The van der Waals surface area contributed by atoms with Crippen molar-refractivity contribution in [1.29, 1.82) is 0 Å². The number of para-hydroxylation sites is 1. The second-order valence-electron chi connectivity index (χ2n) is 10.4. The molecular weight excluding hydrogens is 525 g/mol. The van der Waals surface area contributed by atoms with Gasteiger partial charge < -0.3 is 19.0 Å². The van der Waals surface area contributed by atoms with Crippen molar-refractivity contribution in [2.24, 2.45) is 0 Å². The minimum absolute atomic E-state index is 0.0123. The van der Waals surface area contributed by atoms with Crippen LogP contribution in [0.3, 0.4) is 0 Å². The molecule has 6 rings (SSSR count). The van der Waals surface area contributed by atoms with Gasteiger partial charge in [0, 0.05) is 35.2 Å². The summed E-state index contributed by atoms with van der Waals surface area (Å²) in [5.74, 6) is -2.09. The molecule has 9 heteroatoms. The third kappa shape index (κ3) is 4.64. The predicted molar refractivity (Wildman–Crippen MR) is 153 cm³/mol. The molecule has 1 aliphatic carbocycles. The standard InChI is InChI=1S/C32H26FN3O5/c1-35(2)17-20(37)14-19-13-18(21-7-3-5-9-25(21)34-19)16-36-26-15-24(33)22-11-12-41-31(22)29(26)28(30(36)32(39)40)23-8-4-6-10-27(23)38/h3-9,11-13,15H,10,14,16-17H2,1-2H3,(H,39,40). The molecule has 0 saturated heterocycles. The van der Waals surface area contributed by atoms with E-state index in [-0.39, 0.29) is 70.8 Å². The van der Waals surface area contributed by atoms with Crippen molar-refractivity contribution in [1.82, 2.24) is 14.5 Å². The molecule has 3 heterocycles. The first-order valence-corrected chi connectivity index (χ1v) is 13.1. The highest BCUT2D eigenvalue weighted by Gasteiger charge is 2.31. The molecule has 0 unspecified atom stereocenters. The van der Waals surface area contributed by atoms with Gasteiger partial charge in [-0.05, 0) is 43.9 Å². The Balaban J connectivity index is 1.62. The van der Waals surface area contributed by atoms with E-state index in [1.54, 1.807) is 29.2 Å². The first-order chi connectivity index (χ1) is 19.7. The van der Waals surface area contributed by atoms with Gasteiger partial charge in [-0.3, -0.25) is 14.6 Å². The quantitative estimate of drug-likeness (QED) is 0.275. The zero-order valence-electron chi connectivity index (χ0n) is 22.5. The SMILES string of the molecule is CN(C)CC(=O)Cc1cc(Cn2c(C(=O)O)c(C3=CC=CCC3=O)c3c4occc4c(F)cc32)c2ccccc2n1. The Morgan fingerprint density at radius 1 is 1.15 bits per heavy atom. The molecule has 0 fully saturated rings. The number of furan rings is 1. The number of likely N-dealkylation sites (N-methyl/N-ethyl adjacent to an activating group) is 1. The van der Waals surface area contributed by atoms with E-state index >= 15 is 4.39 Å². The summed E-state index contributed by atoms with van der Waals surface area (Å²) in [5, 5.41) is 11.9. The molecule has 5 aromatic rings. The van der Waals surface area contributed by atoms with E-state index < -0.39 is 11.8 Å². The Labute approximate surface area is 234 Å². The molecule has 0 amide bonds. The van der Waals surface area contributed by atoms with Crippen LogP contribution in [0.1, 0.15) is 33.7 Å². The number of benzene rings is 2. The highest BCUT2D eigenvalue weighted by Crippen LogP contribution is 2.40. The molecule has 8 nitrogen and oxygen atoms in total. The third-order valence-electron chi connectivity index (χ3n) is 7.25. The molecule has 0 atom stereocenters. The van der Waals surface area contributed by atoms with Crippen LogP contribution in [0.15, 0.2) is 71.4 Å². The number of nitrogens with zero attached hydrogens (tertiary/aromatic N) is 3. The number of hydrogen-bond acceptors (Lipinski definition) is 6. The highest BCUT2D eigenvalue weighted by atomic mass is 19.1. The number of rotatable bonds is 8. The summed E-state index contributed by atoms with van der Waals surface area (Å²) in [5.41, 5.74) is 2.65. The van der Waals surface area contributed by atoms with Crippen LogP contribution in [0.4, 0.5) is 4.39 Å². The number of aromatic nitrogens is 2. The van der Waals surface area contributed by atoms with Gasteiger partial charge in [0.1, 0.15) is 17.1 Å². The minimum Gasteiger partial charge on any atom is -0.477 e. The number of ketones is 2. The van der Waals surface area contributed by atoms with Crippen LogP contribution < -0.4 is 0 Å². The molecular formula is C32H26FN3O5. The monoisotopic (exact) mass is 551 g/mol. The summed E-state index contributed by atoms with van der Waals surface area (Å²) in [6.07, 6.45) is 6.58. The molecule has 0 spiro atoms. The lowest BCUT2D eigenvalue weighted by Crippen LogP contribution is -2.23. The van der Waals surface area contributed by atoms with E-state index in [0.717, 1.165) is 5.39 Å². The lowest BCUT2D eigenvalue weighted by Gasteiger charge is -2.14. The fourth-order valence-corrected chi connectivity index (χ4v) is 5.63. The number of Topliss-reactive ketones (excluding diaryl/α,β-unsaturated/α-hetero) is 2. The first-order valence-electron chi connectivity index (χ1n) is 13.1. The zero-order valence-corrected chi connectivity index (χ0v) is 22.5. The Hall–Kier alpha value is -4.89. The summed E-state index contributed by atoms with van der Waals surface area (Å²) in [7, 11) is 3.63. The van der Waals surface area contributed by atoms with Crippen molar-refractivity contribution in [3.8, 4) is 0 Å². The van der Waals surface area contributed by atoms with Crippen molar-refractivity contribution in [2.75, 3.05) is 20.6 Å². The van der Waals surface area contributed by atoms with Gasteiger partial charge in [-0.2, -0.15) is 0 Å². The Morgan fingerprint density at radius 2 is 1.95 bits per heavy atom. The topological polar surface area (TPSA) is 106 Å². The summed E-state index contributed by atoms with van der Waals surface area (Å²) in [6.45, 7) is 0.285. The number of carbonyl (C=O) groups excluding carboxylic acids is 2. The van der Waals surface area contributed by atoms with E-state index in [2.05, 4.69) is 4.98 Å². The first kappa shape index (κ1) is 26.3. The number of carboxylic acids is 1. The van der Waals surface area contributed by atoms with Gasteiger partial charge in [0.25, 0.3) is 0 Å². The predicted octanol–water partition coefficient (Wildman–Crippen LogP) is 5.41. The Bertz CT molecular complexity index is 1960. The fourth-order valence-electron chi connectivity index (χ4n) is 5.63. The molecule has 1 N–H and O–H groups in total. The average Bonchev–Trinajstić information content (AvgIpc) is 3.52. The van der Waals surface area contributed by atoms with Crippen LogP contribution in [-0.4, -0.2) is 57.7 Å². The van der Waals surface area contributed by atoms with Gasteiger partial charge >= 0.3 is 5.97 Å². The second kappa shape index (κ2) is 10.3. The van der Waals surface area contributed by atoms with Crippen LogP contribution in [-0.2, 0) is 22.6 Å². The fraction of sp³-hybridized carbons (Fsp3) is 0.188.